The van der Waals surface area contributed by atoms with Crippen molar-refractivity contribution in [3.63, 3.8) is 0 Å². The number of non-ortho nitro benzene ring substituents is 1. The molecule has 0 spiro atoms. The van der Waals surface area contributed by atoms with Crippen LogP contribution in [0.25, 0.3) is 10.9 Å². The largest absolute Gasteiger partial charge is 0.324 e. The maximum Gasteiger partial charge on any atom is 0.270 e. The van der Waals surface area contributed by atoms with E-state index in [1.54, 1.807) is 0 Å². The summed E-state index contributed by atoms with van der Waals surface area (Å²) in [4.78, 5) is 39.6. The maximum absolute atomic E-state index is 12.6. The quantitative estimate of drug-likeness (QED) is 0.520. The number of anilines is 1. The first-order valence-electron chi connectivity index (χ1n) is 8.93. The Balaban J connectivity index is 1.87. The van der Waals surface area contributed by atoms with Gasteiger partial charge >= 0.3 is 0 Å². The number of benzene rings is 2. The number of nitro groups is 1. The summed E-state index contributed by atoms with van der Waals surface area (Å²) in [5.74, 6) is -0.0912. The van der Waals surface area contributed by atoms with E-state index in [2.05, 4.69) is 24.1 Å². The molecule has 28 heavy (non-hydrogen) atoms. The number of nitro benzene ring substituents is 1. The lowest BCUT2D eigenvalue weighted by Crippen LogP contribution is -2.28. The highest BCUT2D eigenvalue weighted by molar-refractivity contribution is 5.91. The number of nitrogens with one attached hydrogen (secondary N) is 1. The van der Waals surface area contributed by atoms with Crippen LogP contribution in [0.4, 0.5) is 11.4 Å². The zero-order chi connectivity index (χ0) is 20.3. The molecule has 0 unspecified atom stereocenters. The Bertz CT molecular complexity index is 1110. The molecule has 0 aliphatic rings. The van der Waals surface area contributed by atoms with Crippen molar-refractivity contribution >= 4 is 28.2 Å². The highest BCUT2D eigenvalue weighted by atomic mass is 16.6. The molecule has 0 aliphatic heterocycles. The Morgan fingerprint density at radius 1 is 1.29 bits per heavy atom. The smallest absolute Gasteiger partial charge is 0.270 e. The van der Waals surface area contributed by atoms with Gasteiger partial charge in [0.1, 0.15) is 6.54 Å². The molecular weight excluding hydrogens is 360 g/mol. The van der Waals surface area contributed by atoms with Crippen LogP contribution in [0.15, 0.2) is 53.6 Å². The third kappa shape index (κ3) is 3.90. The van der Waals surface area contributed by atoms with Gasteiger partial charge in [0.15, 0.2) is 0 Å². The molecule has 3 aromatic rings. The Hall–Kier alpha value is -3.55. The Labute approximate surface area is 161 Å². The zero-order valence-electron chi connectivity index (χ0n) is 15.6. The molecule has 0 radical (unpaired) electrons. The molecule has 3 rings (SSSR count). The summed E-state index contributed by atoms with van der Waals surface area (Å²) in [6.45, 7) is 3.91. The Morgan fingerprint density at radius 2 is 2.04 bits per heavy atom. The standard InChI is InChI=1S/C20H20N4O4/c1-3-13(2)15-6-4-5-7-18(15)22-19(25)11-23-12-21-17-9-8-14(24(27)28)10-16(17)20(23)26/h4-10,12-13H,3,11H2,1-2H3,(H,22,25)/t13-/m0/s1. The highest BCUT2D eigenvalue weighted by Gasteiger charge is 2.14. The number of nitrogens with zero attached hydrogens (tertiary/aromatic N) is 3. The van der Waals surface area contributed by atoms with E-state index < -0.39 is 10.5 Å². The number of carbonyl (C=O) groups is 1. The summed E-state index contributed by atoms with van der Waals surface area (Å²) >= 11 is 0. The van der Waals surface area contributed by atoms with E-state index in [1.807, 2.05) is 24.3 Å². The number of hydrogen-bond donors (Lipinski definition) is 1. The number of para-hydroxylation sites is 1. The molecule has 2 aromatic carbocycles. The van der Waals surface area contributed by atoms with Crippen molar-refractivity contribution in [1.82, 2.24) is 9.55 Å². The monoisotopic (exact) mass is 380 g/mol. The molecule has 0 fully saturated rings. The van der Waals surface area contributed by atoms with E-state index in [0.717, 1.165) is 16.6 Å². The van der Waals surface area contributed by atoms with Crippen LogP contribution in [0.3, 0.4) is 0 Å². The first-order chi connectivity index (χ1) is 13.4. The second-order valence-corrected chi connectivity index (χ2v) is 6.58. The van der Waals surface area contributed by atoms with E-state index in [1.165, 1.54) is 24.5 Å². The second-order valence-electron chi connectivity index (χ2n) is 6.58. The van der Waals surface area contributed by atoms with Gasteiger partial charge in [-0.2, -0.15) is 0 Å². The molecule has 1 aromatic heterocycles. The van der Waals surface area contributed by atoms with E-state index in [0.29, 0.717) is 11.2 Å². The van der Waals surface area contributed by atoms with E-state index >= 15 is 0 Å². The van der Waals surface area contributed by atoms with Gasteiger partial charge in [-0.25, -0.2) is 4.98 Å². The van der Waals surface area contributed by atoms with Crippen molar-refractivity contribution in [2.45, 2.75) is 32.7 Å². The number of hydrogen-bond acceptors (Lipinski definition) is 5. The number of aromatic nitrogens is 2. The molecule has 1 N–H and O–H groups in total. The van der Waals surface area contributed by atoms with Gasteiger partial charge in [0.05, 0.1) is 22.2 Å². The highest BCUT2D eigenvalue weighted by Crippen LogP contribution is 2.26. The van der Waals surface area contributed by atoms with Crippen LogP contribution in [0.2, 0.25) is 0 Å². The topological polar surface area (TPSA) is 107 Å². The van der Waals surface area contributed by atoms with Gasteiger partial charge in [0.2, 0.25) is 5.91 Å². The number of amides is 1. The molecule has 8 nitrogen and oxygen atoms in total. The fourth-order valence-electron chi connectivity index (χ4n) is 2.98. The minimum Gasteiger partial charge on any atom is -0.324 e. The van der Waals surface area contributed by atoms with Crippen LogP contribution in [0.1, 0.15) is 31.7 Å². The van der Waals surface area contributed by atoms with Gasteiger partial charge in [-0.15, -0.1) is 0 Å². The lowest BCUT2D eigenvalue weighted by Gasteiger charge is -2.16. The van der Waals surface area contributed by atoms with Crippen molar-refractivity contribution < 1.29 is 9.72 Å². The van der Waals surface area contributed by atoms with E-state index in [9.17, 15) is 19.7 Å². The zero-order valence-corrected chi connectivity index (χ0v) is 15.6. The molecule has 0 bridgehead atoms. The third-order valence-electron chi connectivity index (χ3n) is 4.71. The summed E-state index contributed by atoms with van der Waals surface area (Å²) in [6.07, 6.45) is 2.20. The van der Waals surface area contributed by atoms with Gasteiger partial charge in [-0.3, -0.25) is 24.3 Å². The summed E-state index contributed by atoms with van der Waals surface area (Å²) in [5, 5.41) is 13.9. The summed E-state index contributed by atoms with van der Waals surface area (Å²) < 4.78 is 1.15. The normalized spacial score (nSPS) is 11.9. The van der Waals surface area contributed by atoms with Crippen LogP contribution < -0.4 is 10.9 Å². The molecule has 144 valence electrons. The van der Waals surface area contributed by atoms with Gasteiger partial charge < -0.3 is 5.32 Å². The molecule has 8 heteroatoms. The Kier molecular flexibility index (Phi) is 5.49. The molecule has 1 atom stereocenters. The van der Waals surface area contributed by atoms with Crippen LogP contribution in [-0.4, -0.2) is 20.4 Å². The van der Waals surface area contributed by atoms with Crippen molar-refractivity contribution in [2.75, 3.05) is 5.32 Å². The van der Waals surface area contributed by atoms with Crippen LogP contribution in [0, 0.1) is 10.1 Å². The van der Waals surface area contributed by atoms with Gasteiger partial charge in [-0.05, 0) is 30.0 Å². The molecule has 0 saturated heterocycles. The molecule has 0 aliphatic carbocycles. The van der Waals surface area contributed by atoms with E-state index in [-0.39, 0.29) is 29.4 Å². The molecular formula is C20H20N4O4. The third-order valence-corrected chi connectivity index (χ3v) is 4.71. The van der Waals surface area contributed by atoms with Gasteiger partial charge in [0, 0.05) is 17.8 Å². The van der Waals surface area contributed by atoms with Crippen molar-refractivity contribution in [3.05, 3.63) is 74.8 Å². The predicted molar refractivity (Wildman–Crippen MR) is 106 cm³/mol. The lowest BCUT2D eigenvalue weighted by atomic mass is 9.97. The first kappa shape index (κ1) is 19.2. The van der Waals surface area contributed by atoms with Gasteiger partial charge in [-0.1, -0.05) is 32.0 Å². The molecule has 1 amide bonds. The van der Waals surface area contributed by atoms with Crippen molar-refractivity contribution in [2.24, 2.45) is 0 Å². The number of rotatable bonds is 6. The fourth-order valence-corrected chi connectivity index (χ4v) is 2.98. The number of carbonyl (C=O) groups excluding carboxylic acids is 1. The molecule has 0 saturated carbocycles. The SMILES string of the molecule is CC[C@H](C)c1ccccc1NC(=O)Cn1cnc2ccc([N+](=O)[O-])cc2c1=O. The average Bonchev–Trinajstić information content (AvgIpc) is 2.69. The lowest BCUT2D eigenvalue weighted by molar-refractivity contribution is -0.384. The summed E-state index contributed by atoms with van der Waals surface area (Å²) in [7, 11) is 0. The molecule has 1 heterocycles. The van der Waals surface area contributed by atoms with Crippen molar-refractivity contribution in [1.29, 1.82) is 0 Å². The first-order valence-corrected chi connectivity index (χ1v) is 8.93. The van der Waals surface area contributed by atoms with E-state index in [4.69, 9.17) is 0 Å². The summed E-state index contributed by atoms with van der Waals surface area (Å²) in [6, 6.07) is 11.4. The van der Waals surface area contributed by atoms with Crippen LogP contribution in [-0.2, 0) is 11.3 Å². The summed E-state index contributed by atoms with van der Waals surface area (Å²) in [5.41, 5.74) is 1.38. The van der Waals surface area contributed by atoms with Crippen LogP contribution >= 0.6 is 0 Å². The Morgan fingerprint density at radius 3 is 2.75 bits per heavy atom. The minimum absolute atomic E-state index is 0.101. The van der Waals surface area contributed by atoms with Crippen LogP contribution in [0.5, 0.6) is 0 Å². The average molecular weight is 380 g/mol. The maximum atomic E-state index is 12.6. The number of fused-ring (bicyclic) bond motifs is 1. The predicted octanol–water partition coefficient (Wildman–Crippen LogP) is 3.46. The second kappa shape index (κ2) is 7.99. The minimum atomic E-state index is -0.575. The van der Waals surface area contributed by atoms with Crippen molar-refractivity contribution in [3.8, 4) is 0 Å². The van der Waals surface area contributed by atoms with Gasteiger partial charge in [0.25, 0.3) is 11.2 Å². The fraction of sp³-hybridized carbons (Fsp3) is 0.250.